The predicted octanol–water partition coefficient (Wildman–Crippen LogP) is 3.93. The second-order valence-corrected chi connectivity index (χ2v) is 5.94. The molecule has 0 aliphatic carbocycles. The molecule has 5 heteroatoms. The van der Waals surface area contributed by atoms with Crippen molar-refractivity contribution < 1.29 is 0 Å². The molecule has 0 atom stereocenters. The van der Waals surface area contributed by atoms with Gasteiger partial charge in [0.25, 0.3) is 0 Å². The topological polar surface area (TPSA) is 43.8 Å². The van der Waals surface area contributed by atoms with E-state index in [1.165, 1.54) is 11.1 Å². The highest BCUT2D eigenvalue weighted by molar-refractivity contribution is 7.80. The Morgan fingerprint density at radius 2 is 1.90 bits per heavy atom. The number of aryl methyl sites for hydroxylation is 2. The minimum atomic E-state index is 0.318. The fourth-order valence-electron chi connectivity index (χ4n) is 2.37. The monoisotopic (exact) mass is 315 g/mol. The predicted molar refractivity (Wildman–Crippen MR) is 91.4 cm³/mol. The maximum Gasteiger partial charge on any atom is 0.106 e. The van der Waals surface area contributed by atoms with Crippen LogP contribution in [0.1, 0.15) is 16.7 Å². The van der Waals surface area contributed by atoms with E-state index in [9.17, 15) is 0 Å². The molecule has 0 radical (unpaired) electrons. The number of rotatable bonds is 2. The Morgan fingerprint density at radius 3 is 2.62 bits per heavy atom. The molecular formula is C16H14ClN3S. The van der Waals surface area contributed by atoms with Crippen molar-refractivity contribution in [2.75, 3.05) is 0 Å². The lowest BCUT2D eigenvalue weighted by atomic mass is 10.1. The number of fused-ring (bicyclic) bond motifs is 1. The highest BCUT2D eigenvalue weighted by atomic mass is 35.5. The van der Waals surface area contributed by atoms with Crippen molar-refractivity contribution in [3.05, 3.63) is 58.4 Å². The van der Waals surface area contributed by atoms with E-state index >= 15 is 0 Å². The lowest BCUT2D eigenvalue weighted by molar-refractivity contribution is 1.09. The van der Waals surface area contributed by atoms with Gasteiger partial charge in [-0.25, -0.2) is 4.98 Å². The molecule has 0 fully saturated rings. The highest BCUT2D eigenvalue weighted by Crippen LogP contribution is 2.25. The van der Waals surface area contributed by atoms with Crippen LogP contribution in [0.5, 0.6) is 0 Å². The van der Waals surface area contributed by atoms with E-state index in [-0.39, 0.29) is 0 Å². The second-order valence-electron chi connectivity index (χ2n) is 5.07. The van der Waals surface area contributed by atoms with E-state index in [1.54, 1.807) is 12.4 Å². The molecule has 3 nitrogen and oxygen atoms in total. The second kappa shape index (κ2) is 5.13. The van der Waals surface area contributed by atoms with Crippen LogP contribution in [0.2, 0.25) is 5.02 Å². The quantitative estimate of drug-likeness (QED) is 0.729. The third-order valence-corrected chi connectivity index (χ3v) is 4.10. The molecule has 0 saturated carbocycles. The zero-order valence-electron chi connectivity index (χ0n) is 11.7. The zero-order valence-corrected chi connectivity index (χ0v) is 13.3. The van der Waals surface area contributed by atoms with Crippen LogP contribution in [0.4, 0.5) is 0 Å². The maximum atomic E-state index is 6.05. The maximum absolute atomic E-state index is 6.05. The van der Waals surface area contributed by atoms with Gasteiger partial charge >= 0.3 is 0 Å². The third kappa shape index (κ3) is 2.41. The largest absolute Gasteiger partial charge is 0.389 e. The Hall–Kier alpha value is -1.91. The van der Waals surface area contributed by atoms with Gasteiger partial charge in [-0.3, -0.25) is 4.57 Å². The van der Waals surface area contributed by atoms with E-state index in [4.69, 9.17) is 29.6 Å². The van der Waals surface area contributed by atoms with Crippen molar-refractivity contribution in [2.45, 2.75) is 13.8 Å². The fourth-order valence-corrected chi connectivity index (χ4v) is 2.71. The number of thiocarbonyl (C=S) groups is 1. The molecule has 2 N–H and O–H groups in total. The summed E-state index contributed by atoms with van der Waals surface area (Å²) in [4.78, 5) is 4.78. The highest BCUT2D eigenvalue weighted by Gasteiger charge is 2.12. The van der Waals surface area contributed by atoms with E-state index < -0.39 is 0 Å². The molecule has 0 aliphatic rings. The lowest BCUT2D eigenvalue weighted by Gasteiger charge is -2.11. The van der Waals surface area contributed by atoms with Crippen molar-refractivity contribution in [3.8, 4) is 5.69 Å². The number of hydrogen-bond acceptors (Lipinski definition) is 2. The van der Waals surface area contributed by atoms with Gasteiger partial charge in [0, 0.05) is 10.6 Å². The van der Waals surface area contributed by atoms with Crippen LogP contribution in [0.3, 0.4) is 0 Å². The molecule has 2 aromatic carbocycles. The summed E-state index contributed by atoms with van der Waals surface area (Å²) in [5.41, 5.74) is 11.9. The molecule has 1 aromatic heterocycles. The molecule has 3 rings (SSSR count). The van der Waals surface area contributed by atoms with Crippen LogP contribution in [0, 0.1) is 13.8 Å². The number of imidazole rings is 1. The van der Waals surface area contributed by atoms with E-state index in [1.807, 2.05) is 16.7 Å². The van der Waals surface area contributed by atoms with Gasteiger partial charge in [-0.2, -0.15) is 0 Å². The summed E-state index contributed by atoms with van der Waals surface area (Å²) in [5.74, 6) is 0. The summed E-state index contributed by atoms with van der Waals surface area (Å²) < 4.78 is 1.99. The smallest absolute Gasteiger partial charge is 0.106 e. The average molecular weight is 316 g/mol. The number of aromatic nitrogens is 2. The van der Waals surface area contributed by atoms with Crippen LogP contribution in [0.15, 0.2) is 36.7 Å². The van der Waals surface area contributed by atoms with Crippen LogP contribution in [0.25, 0.3) is 16.7 Å². The Bertz CT molecular complexity index is 867. The first-order valence-corrected chi connectivity index (χ1v) is 7.30. The lowest BCUT2D eigenvalue weighted by Crippen LogP contribution is -2.13. The van der Waals surface area contributed by atoms with Crippen LogP contribution < -0.4 is 5.73 Å². The number of benzene rings is 2. The number of hydrogen-bond donors (Lipinski definition) is 1. The number of nitrogens with two attached hydrogens (primary N) is 1. The van der Waals surface area contributed by atoms with Crippen LogP contribution in [-0.4, -0.2) is 14.5 Å². The zero-order chi connectivity index (χ0) is 15.1. The van der Waals surface area contributed by atoms with Gasteiger partial charge in [0.15, 0.2) is 0 Å². The molecule has 0 unspecified atom stereocenters. The Kier molecular flexibility index (Phi) is 3.43. The standard InChI is InChI=1S/C16H14ClN3S/c1-9-5-13-15(6-10(9)2)20(8-19-13)14-4-3-11(17)7-12(14)16(18)21/h3-8H,1-2H3,(H2,18,21). The van der Waals surface area contributed by atoms with Gasteiger partial charge in [-0.05, 0) is 55.3 Å². The minimum absolute atomic E-state index is 0.318. The van der Waals surface area contributed by atoms with Crippen molar-refractivity contribution in [1.82, 2.24) is 9.55 Å². The van der Waals surface area contributed by atoms with E-state index in [0.717, 1.165) is 22.3 Å². The summed E-state index contributed by atoms with van der Waals surface area (Å²) in [6.45, 7) is 4.17. The summed E-state index contributed by atoms with van der Waals surface area (Å²) in [7, 11) is 0. The van der Waals surface area contributed by atoms with Gasteiger partial charge < -0.3 is 5.73 Å². The summed E-state index contributed by atoms with van der Waals surface area (Å²) in [6.07, 6.45) is 1.79. The third-order valence-electron chi connectivity index (χ3n) is 3.65. The Labute approximate surface area is 133 Å². The van der Waals surface area contributed by atoms with Gasteiger partial charge in [0.1, 0.15) is 11.3 Å². The molecule has 3 aromatic rings. The first-order chi connectivity index (χ1) is 9.97. The number of nitrogens with zero attached hydrogens (tertiary/aromatic N) is 2. The first kappa shape index (κ1) is 14.0. The van der Waals surface area contributed by atoms with E-state index in [0.29, 0.717) is 10.0 Å². The minimum Gasteiger partial charge on any atom is -0.389 e. The molecule has 0 aliphatic heterocycles. The van der Waals surface area contributed by atoms with Gasteiger partial charge in [-0.1, -0.05) is 23.8 Å². The number of halogens is 1. The van der Waals surface area contributed by atoms with Crippen molar-refractivity contribution >= 4 is 39.8 Å². The Morgan fingerprint density at radius 1 is 1.19 bits per heavy atom. The normalized spacial score (nSPS) is 11.0. The van der Waals surface area contributed by atoms with Gasteiger partial charge in [-0.15, -0.1) is 0 Å². The summed E-state index contributed by atoms with van der Waals surface area (Å²) >= 11 is 11.2. The molecule has 1 heterocycles. The SMILES string of the molecule is Cc1cc2ncn(-c3ccc(Cl)cc3C(N)=S)c2cc1C. The average Bonchev–Trinajstić information content (AvgIpc) is 2.82. The molecule has 0 saturated heterocycles. The van der Waals surface area contributed by atoms with Crippen molar-refractivity contribution in [2.24, 2.45) is 5.73 Å². The summed E-state index contributed by atoms with van der Waals surface area (Å²) in [6, 6.07) is 9.72. The summed E-state index contributed by atoms with van der Waals surface area (Å²) in [5, 5.41) is 0.609. The molecule has 0 amide bonds. The molecule has 106 valence electrons. The molecular weight excluding hydrogens is 302 g/mol. The first-order valence-electron chi connectivity index (χ1n) is 6.51. The molecule has 0 bridgehead atoms. The van der Waals surface area contributed by atoms with Crippen LogP contribution >= 0.6 is 23.8 Å². The van der Waals surface area contributed by atoms with Crippen LogP contribution in [-0.2, 0) is 0 Å². The van der Waals surface area contributed by atoms with E-state index in [2.05, 4.69) is 31.0 Å². The van der Waals surface area contributed by atoms with Crippen molar-refractivity contribution in [3.63, 3.8) is 0 Å². The van der Waals surface area contributed by atoms with Gasteiger partial charge in [0.2, 0.25) is 0 Å². The molecule has 0 spiro atoms. The molecule has 21 heavy (non-hydrogen) atoms. The van der Waals surface area contributed by atoms with Gasteiger partial charge in [0.05, 0.1) is 16.7 Å². The van der Waals surface area contributed by atoms with Crippen molar-refractivity contribution in [1.29, 1.82) is 0 Å². The fraction of sp³-hybridized carbons (Fsp3) is 0.125. The Balaban J connectivity index is 2.31.